The van der Waals surface area contributed by atoms with E-state index in [0.29, 0.717) is 12.6 Å². The van der Waals surface area contributed by atoms with Crippen molar-refractivity contribution in [3.05, 3.63) is 34.4 Å². The second-order valence-corrected chi connectivity index (χ2v) is 4.61. The molecule has 1 heterocycles. The van der Waals surface area contributed by atoms with E-state index < -0.39 is 4.92 Å². The summed E-state index contributed by atoms with van der Waals surface area (Å²) in [5.74, 6) is -0.177. The van der Waals surface area contributed by atoms with Crippen molar-refractivity contribution in [1.82, 2.24) is 10.6 Å². The van der Waals surface area contributed by atoms with Crippen molar-refractivity contribution in [2.24, 2.45) is 0 Å². The Morgan fingerprint density at radius 3 is 3.00 bits per heavy atom. The van der Waals surface area contributed by atoms with Gasteiger partial charge in [-0.2, -0.15) is 0 Å². The fraction of sp³-hybridized carbons (Fsp3) is 0.462. The minimum atomic E-state index is -0.532. The van der Waals surface area contributed by atoms with Crippen molar-refractivity contribution in [2.75, 3.05) is 19.7 Å². The third-order valence-electron chi connectivity index (χ3n) is 3.13. The molecule has 1 unspecified atom stereocenters. The van der Waals surface area contributed by atoms with Gasteiger partial charge >= 0.3 is 5.69 Å². The van der Waals surface area contributed by atoms with Crippen molar-refractivity contribution in [2.45, 2.75) is 18.9 Å². The number of nitro groups is 1. The smallest absolute Gasteiger partial charge is 0.310 e. The molecule has 0 spiro atoms. The highest BCUT2D eigenvalue weighted by Crippen LogP contribution is 2.25. The van der Waals surface area contributed by atoms with Gasteiger partial charge in [0.25, 0.3) is 5.91 Å². The number of amides is 1. The number of hydrogen-bond donors (Lipinski definition) is 2. The van der Waals surface area contributed by atoms with Gasteiger partial charge in [-0.15, -0.1) is 0 Å². The number of hydrogen-bond acceptors (Lipinski definition) is 5. The van der Waals surface area contributed by atoms with E-state index in [1.165, 1.54) is 12.1 Å². The lowest BCUT2D eigenvalue weighted by atomic mass is 10.2. The SMILES string of the molecule is O=C(COc1ccccc1[N+](=O)[O-])NCC1CCCN1. The normalized spacial score (nSPS) is 17.7. The Morgan fingerprint density at radius 1 is 1.50 bits per heavy atom. The lowest BCUT2D eigenvalue weighted by Gasteiger charge is -2.12. The molecular weight excluding hydrogens is 262 g/mol. The second-order valence-electron chi connectivity index (χ2n) is 4.61. The molecule has 1 saturated heterocycles. The van der Waals surface area contributed by atoms with Gasteiger partial charge in [0.2, 0.25) is 0 Å². The van der Waals surface area contributed by atoms with Crippen LogP contribution in [0.15, 0.2) is 24.3 Å². The van der Waals surface area contributed by atoms with Gasteiger partial charge in [-0.25, -0.2) is 0 Å². The highest BCUT2D eigenvalue weighted by atomic mass is 16.6. The molecule has 108 valence electrons. The number of nitrogens with zero attached hydrogens (tertiary/aromatic N) is 1. The zero-order valence-electron chi connectivity index (χ0n) is 11.0. The monoisotopic (exact) mass is 279 g/mol. The molecule has 7 nitrogen and oxygen atoms in total. The average Bonchev–Trinajstić information content (AvgIpc) is 2.96. The zero-order chi connectivity index (χ0) is 14.4. The van der Waals surface area contributed by atoms with Gasteiger partial charge in [-0.05, 0) is 25.5 Å². The van der Waals surface area contributed by atoms with Crippen LogP contribution in [0.2, 0.25) is 0 Å². The first kappa shape index (κ1) is 14.3. The van der Waals surface area contributed by atoms with Gasteiger partial charge in [0, 0.05) is 18.7 Å². The molecule has 1 aliphatic heterocycles. The molecule has 7 heteroatoms. The summed E-state index contributed by atoms with van der Waals surface area (Å²) in [6.45, 7) is 1.31. The number of benzene rings is 1. The summed E-state index contributed by atoms with van der Waals surface area (Å²) in [4.78, 5) is 21.9. The maximum Gasteiger partial charge on any atom is 0.310 e. The van der Waals surface area contributed by atoms with E-state index in [0.717, 1.165) is 19.4 Å². The van der Waals surface area contributed by atoms with E-state index in [4.69, 9.17) is 4.74 Å². The molecule has 1 aromatic rings. The predicted octanol–water partition coefficient (Wildman–Crippen LogP) is 0.842. The van der Waals surface area contributed by atoms with E-state index >= 15 is 0 Å². The quantitative estimate of drug-likeness (QED) is 0.594. The van der Waals surface area contributed by atoms with Crippen LogP contribution in [0.1, 0.15) is 12.8 Å². The van der Waals surface area contributed by atoms with Crippen LogP contribution in [0.3, 0.4) is 0 Å². The van der Waals surface area contributed by atoms with E-state index in [1.807, 2.05) is 0 Å². The molecule has 1 atom stereocenters. The summed E-state index contributed by atoms with van der Waals surface area (Å²) in [5, 5.41) is 16.8. The molecule has 0 aromatic heterocycles. The van der Waals surface area contributed by atoms with Gasteiger partial charge < -0.3 is 15.4 Å². The van der Waals surface area contributed by atoms with Crippen molar-refractivity contribution in [3.63, 3.8) is 0 Å². The number of carbonyl (C=O) groups is 1. The van der Waals surface area contributed by atoms with Gasteiger partial charge in [-0.3, -0.25) is 14.9 Å². The third kappa shape index (κ3) is 3.92. The molecule has 20 heavy (non-hydrogen) atoms. The van der Waals surface area contributed by atoms with E-state index in [9.17, 15) is 14.9 Å². The van der Waals surface area contributed by atoms with Crippen LogP contribution >= 0.6 is 0 Å². The number of rotatable bonds is 6. The lowest BCUT2D eigenvalue weighted by molar-refractivity contribution is -0.385. The maximum absolute atomic E-state index is 11.6. The fourth-order valence-electron chi connectivity index (χ4n) is 2.09. The van der Waals surface area contributed by atoms with Crippen molar-refractivity contribution < 1.29 is 14.5 Å². The number of nitrogens with one attached hydrogen (secondary N) is 2. The first-order valence-electron chi connectivity index (χ1n) is 6.53. The van der Waals surface area contributed by atoms with Crippen molar-refractivity contribution >= 4 is 11.6 Å². The molecule has 2 N–H and O–H groups in total. The Kier molecular flexibility index (Phi) is 4.89. The van der Waals surface area contributed by atoms with Crippen molar-refractivity contribution in [1.29, 1.82) is 0 Å². The minimum absolute atomic E-state index is 0.103. The molecule has 0 saturated carbocycles. The number of carbonyl (C=O) groups excluding carboxylic acids is 1. The van der Waals surface area contributed by atoms with Crippen LogP contribution in [0.5, 0.6) is 5.75 Å². The predicted molar refractivity (Wildman–Crippen MR) is 72.6 cm³/mol. The summed E-state index contributed by atoms with van der Waals surface area (Å²) >= 11 is 0. The Labute approximate surface area is 116 Å². The highest BCUT2D eigenvalue weighted by molar-refractivity contribution is 5.77. The Morgan fingerprint density at radius 2 is 2.30 bits per heavy atom. The largest absolute Gasteiger partial charge is 0.477 e. The first-order valence-corrected chi connectivity index (χ1v) is 6.53. The number of ether oxygens (including phenoxy) is 1. The second kappa shape index (κ2) is 6.85. The van der Waals surface area contributed by atoms with Gasteiger partial charge in [0.05, 0.1) is 4.92 Å². The molecule has 1 aliphatic rings. The summed E-state index contributed by atoms with van der Waals surface area (Å²) in [7, 11) is 0. The average molecular weight is 279 g/mol. The van der Waals surface area contributed by atoms with E-state index in [2.05, 4.69) is 10.6 Å². The van der Waals surface area contributed by atoms with Crippen LogP contribution in [-0.2, 0) is 4.79 Å². The lowest BCUT2D eigenvalue weighted by Crippen LogP contribution is -2.39. The van der Waals surface area contributed by atoms with Crippen LogP contribution in [0.4, 0.5) is 5.69 Å². The Bertz CT molecular complexity index is 486. The standard InChI is InChI=1S/C13H17N3O4/c17-13(15-8-10-4-3-7-14-10)9-20-12-6-2-1-5-11(12)16(18)19/h1-2,5-6,10,14H,3-4,7-9H2,(H,15,17). The molecule has 0 radical (unpaired) electrons. The van der Waals surface area contributed by atoms with Crippen LogP contribution < -0.4 is 15.4 Å². The molecule has 1 fully saturated rings. The molecule has 1 aromatic carbocycles. The molecule has 0 aliphatic carbocycles. The Balaban J connectivity index is 1.79. The number of para-hydroxylation sites is 2. The molecule has 1 amide bonds. The topological polar surface area (TPSA) is 93.5 Å². The van der Waals surface area contributed by atoms with E-state index in [1.54, 1.807) is 12.1 Å². The molecule has 2 rings (SSSR count). The van der Waals surface area contributed by atoms with Crippen LogP contribution in [0, 0.1) is 10.1 Å². The van der Waals surface area contributed by atoms with Gasteiger partial charge in [0.15, 0.2) is 12.4 Å². The molecule has 0 bridgehead atoms. The zero-order valence-corrected chi connectivity index (χ0v) is 11.0. The summed E-state index contributed by atoms with van der Waals surface area (Å²) in [5.41, 5.74) is -0.141. The number of nitro benzene ring substituents is 1. The summed E-state index contributed by atoms with van der Waals surface area (Å²) in [6, 6.07) is 6.31. The summed E-state index contributed by atoms with van der Waals surface area (Å²) in [6.07, 6.45) is 2.17. The summed E-state index contributed by atoms with van der Waals surface area (Å²) < 4.78 is 5.20. The molecular formula is C13H17N3O4. The van der Waals surface area contributed by atoms with Crippen LogP contribution in [0.25, 0.3) is 0 Å². The fourth-order valence-corrected chi connectivity index (χ4v) is 2.09. The van der Waals surface area contributed by atoms with Crippen molar-refractivity contribution in [3.8, 4) is 5.75 Å². The van der Waals surface area contributed by atoms with Gasteiger partial charge in [-0.1, -0.05) is 12.1 Å². The first-order chi connectivity index (χ1) is 9.66. The Hall–Kier alpha value is -2.15. The van der Waals surface area contributed by atoms with E-state index in [-0.39, 0.29) is 24.0 Å². The van der Waals surface area contributed by atoms with Crippen LogP contribution in [-0.4, -0.2) is 36.6 Å². The third-order valence-corrected chi connectivity index (χ3v) is 3.13. The maximum atomic E-state index is 11.6. The minimum Gasteiger partial charge on any atom is -0.477 e. The highest BCUT2D eigenvalue weighted by Gasteiger charge is 2.17. The van der Waals surface area contributed by atoms with Gasteiger partial charge in [0.1, 0.15) is 0 Å².